The number of rotatable bonds is 3. The lowest BCUT2D eigenvalue weighted by molar-refractivity contribution is -0.124. The molecule has 0 aromatic heterocycles. The molecule has 5 nitrogen and oxygen atoms in total. The van der Waals surface area contributed by atoms with Crippen LogP contribution in [-0.2, 0) is 9.59 Å². The average Bonchev–Trinajstić information content (AvgIpc) is 3.54. The molecule has 2 aromatic rings. The van der Waals surface area contributed by atoms with Gasteiger partial charge in [-0.25, -0.2) is 4.79 Å². The van der Waals surface area contributed by atoms with Gasteiger partial charge in [0.1, 0.15) is 5.75 Å². The number of imide groups is 1. The van der Waals surface area contributed by atoms with E-state index in [-0.39, 0.29) is 51.8 Å². The first-order chi connectivity index (χ1) is 14.9. The van der Waals surface area contributed by atoms with Crippen molar-refractivity contribution in [2.75, 3.05) is 4.90 Å². The van der Waals surface area contributed by atoms with Gasteiger partial charge in [-0.1, -0.05) is 35.4 Å². The SMILES string of the molecule is O=C(Oc1ccc(Cl)cc1Cl)c1ccc(N2C(=O)[C@H]3[C@@H]4C=C[C@@H]([C@H]5C[C@H]45)[C@@H]3C2=O)cc1. The van der Waals surface area contributed by atoms with Gasteiger partial charge in [-0.15, -0.1) is 0 Å². The third-order valence-corrected chi connectivity index (χ3v) is 7.65. The van der Waals surface area contributed by atoms with Crippen molar-refractivity contribution >= 4 is 46.7 Å². The lowest BCUT2D eigenvalue weighted by Crippen LogP contribution is -2.40. The molecule has 0 spiro atoms. The number of allylic oxidation sites excluding steroid dienone is 2. The zero-order valence-corrected chi connectivity index (χ0v) is 17.7. The fourth-order valence-electron chi connectivity index (χ4n) is 5.67. The molecular weight excluding hydrogens is 437 g/mol. The molecule has 0 unspecified atom stereocenters. The van der Waals surface area contributed by atoms with Crippen LogP contribution in [0.2, 0.25) is 10.0 Å². The molecule has 0 N–H and O–H groups in total. The molecule has 1 aliphatic heterocycles. The summed E-state index contributed by atoms with van der Waals surface area (Å²) in [5.41, 5.74) is 0.771. The summed E-state index contributed by atoms with van der Waals surface area (Å²) in [4.78, 5) is 40.2. The summed E-state index contributed by atoms with van der Waals surface area (Å²) < 4.78 is 5.34. The Balaban J connectivity index is 1.23. The van der Waals surface area contributed by atoms with Gasteiger partial charge >= 0.3 is 5.97 Å². The largest absolute Gasteiger partial charge is 0.421 e. The van der Waals surface area contributed by atoms with Crippen LogP contribution in [0.3, 0.4) is 0 Å². The number of anilines is 1. The Labute approximate surface area is 188 Å². The summed E-state index contributed by atoms with van der Waals surface area (Å²) in [6.45, 7) is 0. The number of hydrogen-bond acceptors (Lipinski definition) is 4. The van der Waals surface area contributed by atoms with Crippen LogP contribution in [-0.4, -0.2) is 17.8 Å². The molecule has 31 heavy (non-hydrogen) atoms. The molecule has 1 heterocycles. The van der Waals surface area contributed by atoms with Crippen LogP contribution in [0.25, 0.3) is 0 Å². The first-order valence-electron chi connectivity index (χ1n) is 10.3. The molecule has 2 aromatic carbocycles. The molecule has 6 atom stereocenters. The topological polar surface area (TPSA) is 63.7 Å². The Kier molecular flexibility index (Phi) is 4.11. The first kappa shape index (κ1) is 19.1. The minimum atomic E-state index is -0.592. The smallest absolute Gasteiger partial charge is 0.343 e. The van der Waals surface area contributed by atoms with Crippen LogP contribution >= 0.6 is 23.2 Å². The van der Waals surface area contributed by atoms with Crippen molar-refractivity contribution in [2.45, 2.75) is 6.42 Å². The number of benzene rings is 2. The van der Waals surface area contributed by atoms with Crippen molar-refractivity contribution in [3.63, 3.8) is 0 Å². The summed E-state index contributed by atoms with van der Waals surface area (Å²) in [5.74, 6) is 0.354. The highest BCUT2D eigenvalue weighted by Gasteiger charge is 2.67. The maximum absolute atomic E-state index is 13.2. The third-order valence-electron chi connectivity index (χ3n) is 7.12. The summed E-state index contributed by atoms with van der Waals surface area (Å²) in [6, 6.07) is 10.9. The summed E-state index contributed by atoms with van der Waals surface area (Å²) in [6.07, 6.45) is 5.43. The van der Waals surface area contributed by atoms with Crippen molar-refractivity contribution < 1.29 is 19.1 Å². The lowest BCUT2D eigenvalue weighted by Gasteiger charge is -2.37. The van der Waals surface area contributed by atoms with E-state index in [1.165, 1.54) is 17.0 Å². The Hall–Kier alpha value is -2.63. The van der Waals surface area contributed by atoms with Crippen LogP contribution in [0.1, 0.15) is 16.8 Å². The molecule has 7 heteroatoms. The van der Waals surface area contributed by atoms with Gasteiger partial charge in [-0.2, -0.15) is 0 Å². The maximum atomic E-state index is 13.2. The number of nitrogens with zero attached hydrogens (tertiary/aromatic N) is 1. The fraction of sp³-hybridized carbons (Fsp3) is 0.292. The highest BCUT2D eigenvalue weighted by Crippen LogP contribution is 2.65. The van der Waals surface area contributed by atoms with Gasteiger partial charge in [0.05, 0.1) is 28.1 Å². The zero-order chi connectivity index (χ0) is 21.4. The van der Waals surface area contributed by atoms with Crippen molar-refractivity contribution in [1.82, 2.24) is 0 Å². The highest BCUT2D eigenvalue weighted by atomic mass is 35.5. The minimum absolute atomic E-state index is 0.122. The van der Waals surface area contributed by atoms with E-state index < -0.39 is 5.97 Å². The van der Waals surface area contributed by atoms with E-state index in [1.807, 2.05) is 0 Å². The number of carbonyl (C=O) groups is 3. The molecule has 5 aliphatic rings. The predicted octanol–water partition coefficient (Wildman–Crippen LogP) is 4.77. The van der Waals surface area contributed by atoms with Gasteiger partial charge in [0.2, 0.25) is 11.8 Å². The average molecular weight is 454 g/mol. The van der Waals surface area contributed by atoms with Crippen LogP contribution in [0, 0.1) is 35.5 Å². The molecule has 4 aliphatic carbocycles. The van der Waals surface area contributed by atoms with Crippen molar-refractivity contribution in [3.8, 4) is 5.75 Å². The molecule has 2 saturated carbocycles. The van der Waals surface area contributed by atoms with E-state index in [9.17, 15) is 14.4 Å². The minimum Gasteiger partial charge on any atom is -0.421 e. The normalized spacial score (nSPS) is 32.1. The monoisotopic (exact) mass is 453 g/mol. The Morgan fingerprint density at radius 3 is 2.10 bits per heavy atom. The van der Waals surface area contributed by atoms with Crippen LogP contribution < -0.4 is 9.64 Å². The van der Waals surface area contributed by atoms with E-state index in [0.717, 1.165) is 6.42 Å². The van der Waals surface area contributed by atoms with Gasteiger partial charge in [-0.05, 0) is 72.6 Å². The third kappa shape index (κ3) is 2.80. The molecule has 2 amide bonds. The van der Waals surface area contributed by atoms with Gasteiger partial charge in [0, 0.05) is 5.02 Å². The Morgan fingerprint density at radius 1 is 0.903 bits per heavy atom. The van der Waals surface area contributed by atoms with Gasteiger partial charge in [-0.3, -0.25) is 14.5 Å². The second kappa shape index (κ2) is 6.68. The van der Waals surface area contributed by atoms with E-state index in [1.54, 1.807) is 30.3 Å². The molecule has 2 bridgehead atoms. The van der Waals surface area contributed by atoms with Crippen LogP contribution in [0.5, 0.6) is 5.75 Å². The number of amides is 2. The van der Waals surface area contributed by atoms with E-state index >= 15 is 0 Å². The van der Waals surface area contributed by atoms with E-state index in [4.69, 9.17) is 27.9 Å². The van der Waals surface area contributed by atoms with E-state index in [0.29, 0.717) is 22.5 Å². The van der Waals surface area contributed by atoms with E-state index in [2.05, 4.69) is 12.2 Å². The Morgan fingerprint density at radius 2 is 1.52 bits per heavy atom. The fourth-order valence-corrected chi connectivity index (χ4v) is 6.12. The molecule has 0 radical (unpaired) electrons. The maximum Gasteiger partial charge on any atom is 0.343 e. The highest BCUT2D eigenvalue weighted by molar-refractivity contribution is 6.35. The summed E-state index contributed by atoms with van der Waals surface area (Å²) in [5, 5.41) is 0.672. The Bertz CT molecular complexity index is 1140. The molecule has 3 fully saturated rings. The number of esters is 1. The lowest BCUT2D eigenvalue weighted by atomic mass is 9.63. The van der Waals surface area contributed by atoms with Crippen LogP contribution in [0.15, 0.2) is 54.6 Å². The molecule has 156 valence electrons. The quantitative estimate of drug-likeness (QED) is 0.290. The van der Waals surface area contributed by atoms with Gasteiger partial charge in [0.25, 0.3) is 0 Å². The second-order valence-corrected chi connectivity index (χ2v) is 9.52. The number of hydrogen-bond donors (Lipinski definition) is 0. The van der Waals surface area contributed by atoms with Crippen molar-refractivity contribution in [2.24, 2.45) is 35.5 Å². The van der Waals surface area contributed by atoms with Gasteiger partial charge in [0.15, 0.2) is 0 Å². The number of halogens is 2. The molecule has 7 rings (SSSR count). The standard InChI is InChI=1S/C24H17Cl2NO4/c25-12-3-8-19(18(26)9-12)31-24(30)11-1-4-13(5-2-11)27-22(28)20-14-6-7-15(17-10-16(14)17)21(20)23(27)29/h1-9,14-17,20-21H,10H2/t14-,15+,16-,17-,20+,21+/m1/s1. The number of ether oxygens (including phenoxy) is 1. The van der Waals surface area contributed by atoms with Crippen LogP contribution in [0.4, 0.5) is 5.69 Å². The number of carbonyl (C=O) groups excluding carboxylic acids is 3. The summed E-state index contributed by atoms with van der Waals surface area (Å²) >= 11 is 11.9. The van der Waals surface area contributed by atoms with Gasteiger partial charge < -0.3 is 4.74 Å². The van der Waals surface area contributed by atoms with Crippen molar-refractivity contribution in [1.29, 1.82) is 0 Å². The second-order valence-electron chi connectivity index (χ2n) is 8.68. The summed E-state index contributed by atoms with van der Waals surface area (Å²) in [7, 11) is 0. The molecular formula is C24H17Cl2NO4. The predicted molar refractivity (Wildman–Crippen MR) is 115 cm³/mol. The zero-order valence-electron chi connectivity index (χ0n) is 16.2. The first-order valence-corrected chi connectivity index (χ1v) is 11.0. The van der Waals surface area contributed by atoms with Crippen molar-refractivity contribution in [3.05, 3.63) is 70.2 Å². The molecule has 1 saturated heterocycles.